The van der Waals surface area contributed by atoms with Gasteiger partial charge in [0, 0.05) is 44.5 Å². The van der Waals surface area contributed by atoms with E-state index in [1.165, 1.54) is 9.80 Å². The summed E-state index contributed by atoms with van der Waals surface area (Å²) in [5.74, 6) is -1.18. The van der Waals surface area contributed by atoms with E-state index in [-0.39, 0.29) is 36.1 Å². The lowest BCUT2D eigenvalue weighted by molar-refractivity contribution is -0.146. The summed E-state index contributed by atoms with van der Waals surface area (Å²) in [6, 6.07) is 8.13. The number of hydrogen-bond donors (Lipinski definition) is 1. The van der Waals surface area contributed by atoms with Crippen molar-refractivity contribution < 1.29 is 14.4 Å². The molecule has 3 amide bonds. The summed E-state index contributed by atoms with van der Waals surface area (Å²) in [4.78, 5) is 43.8. The number of fused-ring (bicyclic) bond motifs is 2. The minimum absolute atomic E-state index is 0.105. The molecule has 2 aliphatic heterocycles. The zero-order valence-electron chi connectivity index (χ0n) is 21.8. The quantitative estimate of drug-likeness (QED) is 0.693. The molecule has 1 aromatic carbocycles. The number of carbonyl (C=O) groups is 3. The molecule has 9 nitrogen and oxygen atoms in total. The Balaban J connectivity index is 1.65. The Bertz CT molecular complexity index is 1240. The third-order valence-corrected chi connectivity index (χ3v) is 7.42. The lowest BCUT2D eigenvalue weighted by Gasteiger charge is -2.36. The number of carbonyl (C=O) groups excluding carboxylic acids is 3. The van der Waals surface area contributed by atoms with Gasteiger partial charge < -0.3 is 15.1 Å². The van der Waals surface area contributed by atoms with Crippen LogP contribution in [-0.4, -0.2) is 63.0 Å². The van der Waals surface area contributed by atoms with Gasteiger partial charge in [0.15, 0.2) is 0 Å². The van der Waals surface area contributed by atoms with Crippen molar-refractivity contribution in [2.24, 2.45) is 12.5 Å². The van der Waals surface area contributed by atoms with Crippen LogP contribution in [-0.2, 0) is 26.8 Å². The third-order valence-electron chi connectivity index (χ3n) is 7.42. The lowest BCUT2D eigenvalue weighted by Crippen LogP contribution is -2.53. The highest BCUT2D eigenvalue weighted by atomic mass is 16.2. The Hall–Kier alpha value is -3.67. The van der Waals surface area contributed by atoms with E-state index < -0.39 is 23.4 Å². The molecule has 0 bridgehead atoms. The molecule has 0 saturated carbocycles. The van der Waals surface area contributed by atoms with Crippen molar-refractivity contribution >= 4 is 23.4 Å². The van der Waals surface area contributed by atoms with Crippen LogP contribution < -0.4 is 5.32 Å². The predicted octanol–water partition coefficient (Wildman–Crippen LogP) is 2.80. The van der Waals surface area contributed by atoms with Crippen LogP contribution in [0, 0.1) is 16.7 Å². The number of likely N-dealkylation sites (tertiary alicyclic amines) is 1. The fourth-order valence-corrected chi connectivity index (χ4v) is 5.41. The van der Waals surface area contributed by atoms with Gasteiger partial charge in [-0.25, -0.2) is 0 Å². The molecule has 1 spiro atoms. The molecule has 4 rings (SSSR count). The monoisotopic (exact) mass is 490 g/mol. The summed E-state index contributed by atoms with van der Waals surface area (Å²) in [5.41, 5.74) is 1.07. The summed E-state index contributed by atoms with van der Waals surface area (Å²) in [5, 5.41) is 17.1. The zero-order chi connectivity index (χ0) is 26.4. The number of likely N-dealkylation sites (N-methyl/N-ethyl adjacent to an activating group) is 1. The molecule has 1 fully saturated rings. The van der Waals surface area contributed by atoms with Gasteiger partial charge in [-0.1, -0.05) is 39.0 Å². The number of nitrogens with zero attached hydrogens (tertiary/aromatic N) is 5. The normalized spacial score (nSPS) is 22.6. The van der Waals surface area contributed by atoms with Crippen molar-refractivity contribution in [3.8, 4) is 6.07 Å². The highest BCUT2D eigenvalue weighted by molar-refractivity contribution is 6.07. The van der Waals surface area contributed by atoms with E-state index in [9.17, 15) is 19.6 Å². The first-order chi connectivity index (χ1) is 16.9. The van der Waals surface area contributed by atoms with Gasteiger partial charge in [0.05, 0.1) is 23.6 Å². The van der Waals surface area contributed by atoms with Gasteiger partial charge in [-0.05, 0) is 30.4 Å². The standard InChI is InChI=1S/C27H34N6O3/c1-17(18-14-29-31(5)15-18)23(34)32(6)22(12-26(2,3)4)24(35)33-16-27(11-19(33)13-28)20-9-7-8-10-21(20)30-25(27)36/h7-10,14-15,17,19,22H,11-12,16H2,1-6H3,(H,30,36)/t17-,19+,22+,27+/m1/s1. The van der Waals surface area contributed by atoms with Crippen molar-refractivity contribution in [1.29, 1.82) is 5.26 Å². The first-order valence-electron chi connectivity index (χ1n) is 12.2. The number of amides is 3. The SMILES string of the molecule is C[C@@H](C(=O)N(C)[C@@H](CC(C)(C)C)C(=O)N1C[C@]2(C[C@H]1C#N)C(=O)Nc1ccccc12)c1cnn(C)c1. The fourth-order valence-electron chi connectivity index (χ4n) is 5.41. The molecule has 1 saturated heterocycles. The number of aryl methyl sites for hydroxylation is 1. The summed E-state index contributed by atoms with van der Waals surface area (Å²) < 4.78 is 1.64. The number of anilines is 1. The van der Waals surface area contributed by atoms with E-state index in [0.717, 1.165) is 16.8 Å². The number of para-hydroxylation sites is 1. The molecule has 190 valence electrons. The second kappa shape index (κ2) is 9.08. The van der Waals surface area contributed by atoms with Gasteiger partial charge in [-0.15, -0.1) is 0 Å². The second-order valence-electron chi connectivity index (χ2n) is 11.3. The Morgan fingerprint density at radius 2 is 2.03 bits per heavy atom. The smallest absolute Gasteiger partial charge is 0.246 e. The molecule has 0 aliphatic carbocycles. The molecule has 0 radical (unpaired) electrons. The largest absolute Gasteiger partial charge is 0.333 e. The van der Waals surface area contributed by atoms with Crippen LogP contribution in [0.15, 0.2) is 36.7 Å². The lowest BCUT2D eigenvalue weighted by atomic mass is 9.80. The summed E-state index contributed by atoms with van der Waals surface area (Å²) in [6.07, 6.45) is 4.09. The van der Waals surface area contributed by atoms with Gasteiger partial charge in [-0.2, -0.15) is 10.4 Å². The molecule has 0 unspecified atom stereocenters. The number of benzene rings is 1. The van der Waals surface area contributed by atoms with Crippen LogP contribution >= 0.6 is 0 Å². The third kappa shape index (κ3) is 4.36. The van der Waals surface area contributed by atoms with Crippen molar-refractivity contribution in [3.63, 3.8) is 0 Å². The zero-order valence-corrected chi connectivity index (χ0v) is 21.8. The topological polar surface area (TPSA) is 111 Å². The minimum atomic E-state index is -0.968. The van der Waals surface area contributed by atoms with Crippen LogP contribution in [0.3, 0.4) is 0 Å². The van der Waals surface area contributed by atoms with Crippen molar-refractivity contribution in [2.45, 2.75) is 64.0 Å². The van der Waals surface area contributed by atoms with E-state index in [1.54, 1.807) is 38.1 Å². The first-order valence-corrected chi connectivity index (χ1v) is 12.2. The van der Waals surface area contributed by atoms with Gasteiger partial charge >= 0.3 is 0 Å². The average molecular weight is 491 g/mol. The van der Waals surface area contributed by atoms with E-state index in [2.05, 4.69) is 16.5 Å². The predicted molar refractivity (Wildman–Crippen MR) is 135 cm³/mol. The number of nitrogens with one attached hydrogen (secondary N) is 1. The van der Waals surface area contributed by atoms with Crippen LogP contribution in [0.5, 0.6) is 0 Å². The fraction of sp³-hybridized carbons (Fsp3) is 0.519. The maximum atomic E-state index is 14.1. The van der Waals surface area contributed by atoms with Crippen LogP contribution in [0.4, 0.5) is 5.69 Å². The van der Waals surface area contributed by atoms with E-state index in [1.807, 2.05) is 45.0 Å². The van der Waals surface area contributed by atoms with Crippen LogP contribution in [0.2, 0.25) is 0 Å². The minimum Gasteiger partial charge on any atom is -0.333 e. The highest BCUT2D eigenvalue weighted by Gasteiger charge is 2.56. The summed E-state index contributed by atoms with van der Waals surface area (Å²) in [7, 11) is 3.44. The van der Waals surface area contributed by atoms with Gasteiger partial charge in [0.1, 0.15) is 12.1 Å². The van der Waals surface area contributed by atoms with Crippen molar-refractivity contribution in [3.05, 3.63) is 47.8 Å². The number of hydrogen-bond acceptors (Lipinski definition) is 5. The number of rotatable bonds is 5. The van der Waals surface area contributed by atoms with Gasteiger partial charge in [0.2, 0.25) is 17.7 Å². The van der Waals surface area contributed by atoms with E-state index in [4.69, 9.17) is 0 Å². The molecule has 1 aromatic heterocycles. The Morgan fingerprint density at radius 1 is 1.33 bits per heavy atom. The molecule has 4 atom stereocenters. The Kier molecular flexibility index (Phi) is 6.41. The number of aromatic nitrogens is 2. The molecule has 1 N–H and O–H groups in total. The van der Waals surface area contributed by atoms with Crippen molar-refractivity contribution in [2.75, 3.05) is 18.9 Å². The molecule has 2 aromatic rings. The van der Waals surface area contributed by atoms with Crippen molar-refractivity contribution in [1.82, 2.24) is 19.6 Å². The molecule has 36 heavy (non-hydrogen) atoms. The van der Waals surface area contributed by atoms with Crippen LogP contribution in [0.1, 0.15) is 57.6 Å². The maximum absolute atomic E-state index is 14.1. The molecule has 9 heteroatoms. The van der Waals surface area contributed by atoms with Gasteiger partial charge in [0.25, 0.3) is 0 Å². The maximum Gasteiger partial charge on any atom is 0.246 e. The summed E-state index contributed by atoms with van der Waals surface area (Å²) >= 11 is 0. The van der Waals surface area contributed by atoms with Crippen LogP contribution in [0.25, 0.3) is 0 Å². The molecule has 2 aliphatic rings. The average Bonchev–Trinajstić information content (AvgIpc) is 3.51. The van der Waals surface area contributed by atoms with Gasteiger partial charge in [-0.3, -0.25) is 19.1 Å². The second-order valence-corrected chi connectivity index (χ2v) is 11.3. The van der Waals surface area contributed by atoms with E-state index >= 15 is 0 Å². The Labute approximate surface area is 212 Å². The molecular formula is C27H34N6O3. The summed E-state index contributed by atoms with van der Waals surface area (Å²) in [6.45, 7) is 7.96. The first kappa shape index (κ1) is 25.4. The number of nitriles is 1. The molecule has 3 heterocycles. The Morgan fingerprint density at radius 3 is 2.64 bits per heavy atom. The van der Waals surface area contributed by atoms with E-state index in [0.29, 0.717) is 6.42 Å². The highest BCUT2D eigenvalue weighted by Crippen LogP contribution is 2.46. The molecular weight excluding hydrogens is 456 g/mol.